The van der Waals surface area contributed by atoms with E-state index in [4.69, 9.17) is 0 Å². The Morgan fingerprint density at radius 3 is 1.25 bits per heavy atom. The minimum absolute atomic E-state index is 0.132. The molecule has 0 saturated heterocycles. The highest BCUT2D eigenvalue weighted by Crippen LogP contribution is 2.02. The topological polar surface area (TPSA) is 99.3 Å². The minimum Gasteiger partial charge on any atom is -0.267 e. The van der Waals surface area contributed by atoms with E-state index >= 15 is 0 Å². The first-order valence-electron chi connectivity index (χ1n) is 6.63. The monoisotopic (exact) mass is 334 g/mol. The van der Waals surface area contributed by atoms with Crippen molar-refractivity contribution in [1.82, 2.24) is 21.7 Å². The van der Waals surface area contributed by atoms with Crippen LogP contribution in [0.1, 0.15) is 20.7 Å². The van der Waals surface area contributed by atoms with Crippen LogP contribution in [0.5, 0.6) is 0 Å². The second kappa shape index (κ2) is 7.68. The lowest BCUT2D eigenvalue weighted by molar-refractivity contribution is 0.0929. The van der Waals surface area contributed by atoms with Crippen molar-refractivity contribution in [2.45, 2.75) is 0 Å². The molecule has 0 atom stereocenters. The van der Waals surface area contributed by atoms with Crippen LogP contribution in [-0.2, 0) is 0 Å². The SMILES string of the molecule is O=C(NNC(=O)c1ccc(F)cc1)NNC(=O)c1ccc(F)cc1. The number of rotatable bonds is 2. The lowest BCUT2D eigenvalue weighted by Crippen LogP contribution is -2.52. The maximum Gasteiger partial charge on any atom is 0.352 e. The van der Waals surface area contributed by atoms with Gasteiger partial charge < -0.3 is 0 Å². The standard InChI is InChI=1S/C15H12F2N4O3/c16-11-5-1-9(2-6-11)13(22)18-20-15(24)21-19-14(23)10-3-7-12(17)8-4-10/h1-8H,(H,18,22)(H,19,23)(H2,20,21,24). The number of halogens is 2. The summed E-state index contributed by atoms with van der Waals surface area (Å²) in [5.74, 6) is -2.34. The largest absolute Gasteiger partial charge is 0.352 e. The van der Waals surface area contributed by atoms with Gasteiger partial charge in [0, 0.05) is 11.1 Å². The quantitative estimate of drug-likeness (QED) is 0.622. The summed E-state index contributed by atoms with van der Waals surface area (Å²) < 4.78 is 25.5. The predicted molar refractivity (Wildman–Crippen MR) is 79.4 cm³/mol. The van der Waals surface area contributed by atoms with Crippen molar-refractivity contribution in [3.05, 3.63) is 71.3 Å². The van der Waals surface area contributed by atoms with E-state index in [1.807, 2.05) is 10.9 Å². The number of amides is 4. The molecule has 4 N–H and O–H groups in total. The summed E-state index contributed by atoms with van der Waals surface area (Å²) in [6.07, 6.45) is 0. The predicted octanol–water partition coefficient (Wildman–Crippen LogP) is 1.25. The van der Waals surface area contributed by atoms with Crippen molar-refractivity contribution in [2.24, 2.45) is 0 Å². The first-order valence-corrected chi connectivity index (χ1v) is 6.63. The van der Waals surface area contributed by atoms with E-state index in [0.717, 1.165) is 24.3 Å². The molecule has 0 radical (unpaired) electrons. The smallest absolute Gasteiger partial charge is 0.267 e. The number of benzene rings is 2. The number of hydrogen-bond donors (Lipinski definition) is 4. The van der Waals surface area contributed by atoms with Gasteiger partial charge in [-0.25, -0.2) is 24.4 Å². The van der Waals surface area contributed by atoms with Gasteiger partial charge in [0.1, 0.15) is 11.6 Å². The molecule has 4 amide bonds. The summed E-state index contributed by atoms with van der Waals surface area (Å²) in [6.45, 7) is 0. The molecule has 124 valence electrons. The number of urea groups is 1. The van der Waals surface area contributed by atoms with E-state index in [1.54, 1.807) is 0 Å². The Morgan fingerprint density at radius 1 is 0.583 bits per heavy atom. The normalized spacial score (nSPS) is 9.75. The summed E-state index contributed by atoms with van der Waals surface area (Å²) in [5, 5.41) is 0. The summed E-state index contributed by atoms with van der Waals surface area (Å²) >= 11 is 0. The third kappa shape index (κ3) is 4.77. The summed E-state index contributed by atoms with van der Waals surface area (Å²) in [7, 11) is 0. The lowest BCUT2D eigenvalue weighted by Gasteiger charge is -2.10. The van der Waals surface area contributed by atoms with Crippen molar-refractivity contribution < 1.29 is 23.2 Å². The van der Waals surface area contributed by atoms with Gasteiger partial charge in [-0.15, -0.1) is 0 Å². The van der Waals surface area contributed by atoms with Crippen LogP contribution in [0, 0.1) is 11.6 Å². The first-order chi connectivity index (χ1) is 11.5. The van der Waals surface area contributed by atoms with E-state index < -0.39 is 29.5 Å². The molecule has 24 heavy (non-hydrogen) atoms. The van der Waals surface area contributed by atoms with Gasteiger partial charge in [-0.3, -0.25) is 20.4 Å². The summed E-state index contributed by atoms with van der Waals surface area (Å²) in [6, 6.07) is 8.41. The van der Waals surface area contributed by atoms with Gasteiger partial charge in [0.25, 0.3) is 11.8 Å². The zero-order chi connectivity index (χ0) is 17.5. The van der Waals surface area contributed by atoms with Crippen LogP contribution in [0.3, 0.4) is 0 Å². The van der Waals surface area contributed by atoms with E-state index in [-0.39, 0.29) is 11.1 Å². The summed E-state index contributed by atoms with van der Waals surface area (Å²) in [5.41, 5.74) is 8.38. The van der Waals surface area contributed by atoms with Crippen molar-refractivity contribution in [2.75, 3.05) is 0 Å². The van der Waals surface area contributed by atoms with Crippen LogP contribution >= 0.6 is 0 Å². The molecule has 0 heterocycles. The molecule has 9 heteroatoms. The molecule has 2 aromatic carbocycles. The molecule has 0 spiro atoms. The zero-order valence-corrected chi connectivity index (χ0v) is 12.1. The Morgan fingerprint density at radius 2 is 0.917 bits per heavy atom. The third-order valence-corrected chi connectivity index (χ3v) is 2.79. The zero-order valence-electron chi connectivity index (χ0n) is 12.1. The van der Waals surface area contributed by atoms with Gasteiger partial charge in [0.15, 0.2) is 0 Å². The van der Waals surface area contributed by atoms with E-state index in [1.165, 1.54) is 24.3 Å². The molecule has 0 fully saturated rings. The molecule has 0 aliphatic heterocycles. The third-order valence-electron chi connectivity index (χ3n) is 2.79. The van der Waals surface area contributed by atoms with Crippen LogP contribution in [-0.4, -0.2) is 17.8 Å². The maximum absolute atomic E-state index is 12.7. The average molecular weight is 334 g/mol. The molecular formula is C15H12F2N4O3. The molecular weight excluding hydrogens is 322 g/mol. The molecule has 0 aliphatic rings. The van der Waals surface area contributed by atoms with E-state index in [9.17, 15) is 23.2 Å². The molecule has 0 unspecified atom stereocenters. The lowest BCUT2D eigenvalue weighted by atomic mass is 10.2. The molecule has 7 nitrogen and oxygen atoms in total. The number of hydrazine groups is 2. The van der Waals surface area contributed by atoms with Gasteiger partial charge in [-0.05, 0) is 48.5 Å². The van der Waals surface area contributed by atoms with Gasteiger partial charge in [-0.2, -0.15) is 0 Å². The number of carbonyl (C=O) groups excluding carboxylic acids is 3. The van der Waals surface area contributed by atoms with Crippen molar-refractivity contribution in [1.29, 1.82) is 0 Å². The van der Waals surface area contributed by atoms with Crippen LogP contribution < -0.4 is 21.7 Å². The Kier molecular flexibility index (Phi) is 5.40. The second-order valence-corrected chi connectivity index (χ2v) is 4.50. The number of carbonyl (C=O) groups is 3. The highest BCUT2D eigenvalue weighted by molar-refractivity contribution is 5.96. The Hall–Kier alpha value is -3.49. The van der Waals surface area contributed by atoms with Crippen LogP contribution in [0.25, 0.3) is 0 Å². The average Bonchev–Trinajstić information content (AvgIpc) is 2.58. The van der Waals surface area contributed by atoms with Gasteiger partial charge >= 0.3 is 6.03 Å². The first kappa shape index (κ1) is 16.9. The van der Waals surface area contributed by atoms with Gasteiger partial charge in [-0.1, -0.05) is 0 Å². The fourth-order valence-electron chi connectivity index (χ4n) is 1.61. The van der Waals surface area contributed by atoms with Crippen molar-refractivity contribution in [3.8, 4) is 0 Å². The van der Waals surface area contributed by atoms with Crippen molar-refractivity contribution >= 4 is 17.8 Å². The molecule has 2 rings (SSSR count). The van der Waals surface area contributed by atoms with Gasteiger partial charge in [0.2, 0.25) is 0 Å². The number of nitrogens with one attached hydrogen (secondary N) is 4. The Labute approximate surface area is 135 Å². The summed E-state index contributed by atoms with van der Waals surface area (Å²) in [4.78, 5) is 34.8. The Balaban J connectivity index is 1.77. The van der Waals surface area contributed by atoms with Crippen LogP contribution in [0.15, 0.2) is 48.5 Å². The van der Waals surface area contributed by atoms with Crippen LogP contribution in [0.2, 0.25) is 0 Å². The minimum atomic E-state index is -0.916. The highest BCUT2D eigenvalue weighted by Gasteiger charge is 2.09. The second-order valence-electron chi connectivity index (χ2n) is 4.50. The van der Waals surface area contributed by atoms with Crippen molar-refractivity contribution in [3.63, 3.8) is 0 Å². The van der Waals surface area contributed by atoms with E-state index in [0.29, 0.717) is 0 Å². The molecule has 0 aromatic heterocycles. The fourth-order valence-corrected chi connectivity index (χ4v) is 1.61. The fraction of sp³-hybridized carbons (Fsp3) is 0. The molecule has 2 aromatic rings. The maximum atomic E-state index is 12.7. The van der Waals surface area contributed by atoms with Gasteiger partial charge in [0.05, 0.1) is 0 Å². The highest BCUT2D eigenvalue weighted by atomic mass is 19.1. The van der Waals surface area contributed by atoms with E-state index in [2.05, 4.69) is 10.9 Å². The molecule has 0 saturated carbocycles. The number of hydrogen-bond acceptors (Lipinski definition) is 3. The Bertz CT molecular complexity index is 685. The molecule has 0 aliphatic carbocycles. The molecule has 0 bridgehead atoms. The van der Waals surface area contributed by atoms with Crippen LogP contribution in [0.4, 0.5) is 13.6 Å².